The van der Waals surface area contributed by atoms with Crippen LogP contribution in [0.5, 0.6) is 0 Å². The zero-order valence-corrected chi connectivity index (χ0v) is 15.9. The Kier molecular flexibility index (Phi) is 5.38. The maximum atomic E-state index is 13.0. The minimum absolute atomic E-state index is 0.0850. The van der Waals surface area contributed by atoms with Gasteiger partial charge in [-0.2, -0.15) is 4.31 Å². The van der Waals surface area contributed by atoms with E-state index in [-0.39, 0.29) is 5.91 Å². The monoisotopic (exact) mass is 373 g/mol. The number of carbonyl (C=O) groups excluding carboxylic acids is 1. The highest BCUT2D eigenvalue weighted by Crippen LogP contribution is 2.22. The molecule has 1 aliphatic heterocycles. The molecule has 7 heteroatoms. The van der Waals surface area contributed by atoms with Gasteiger partial charge in [-0.05, 0) is 44.0 Å². The number of carbonyl (C=O) groups is 1. The van der Waals surface area contributed by atoms with Crippen molar-refractivity contribution in [2.24, 2.45) is 0 Å². The van der Waals surface area contributed by atoms with Crippen molar-refractivity contribution in [2.75, 3.05) is 26.2 Å². The molecule has 0 radical (unpaired) electrons. The molecule has 2 heterocycles. The predicted molar refractivity (Wildman–Crippen MR) is 99.4 cm³/mol. The van der Waals surface area contributed by atoms with Crippen molar-refractivity contribution in [3.05, 3.63) is 59.4 Å². The van der Waals surface area contributed by atoms with Gasteiger partial charge in [-0.3, -0.25) is 9.78 Å². The Balaban J connectivity index is 1.77. The normalized spacial score (nSPS) is 16.3. The Labute approximate surface area is 154 Å². The molecule has 0 saturated carbocycles. The highest BCUT2D eigenvalue weighted by molar-refractivity contribution is 7.89. The number of aromatic nitrogens is 1. The van der Waals surface area contributed by atoms with Crippen molar-refractivity contribution in [3.63, 3.8) is 0 Å². The molecule has 0 atom stereocenters. The van der Waals surface area contributed by atoms with Crippen molar-refractivity contribution >= 4 is 15.9 Å². The van der Waals surface area contributed by atoms with Crippen LogP contribution in [0.2, 0.25) is 0 Å². The molecule has 138 valence electrons. The van der Waals surface area contributed by atoms with Gasteiger partial charge in [-0.25, -0.2) is 8.42 Å². The van der Waals surface area contributed by atoms with Crippen LogP contribution >= 0.6 is 0 Å². The molecule has 0 N–H and O–H groups in total. The molecule has 1 aliphatic rings. The van der Waals surface area contributed by atoms with Gasteiger partial charge in [0.15, 0.2) is 0 Å². The fraction of sp³-hybridized carbons (Fsp3) is 0.368. The van der Waals surface area contributed by atoms with Crippen LogP contribution in [0.3, 0.4) is 0 Å². The van der Waals surface area contributed by atoms with E-state index < -0.39 is 10.0 Å². The van der Waals surface area contributed by atoms with E-state index in [9.17, 15) is 13.2 Å². The molecule has 2 aromatic rings. The number of hydrogen-bond acceptors (Lipinski definition) is 4. The highest BCUT2D eigenvalue weighted by Gasteiger charge is 2.29. The first-order valence-electron chi connectivity index (χ1n) is 8.66. The average Bonchev–Trinajstić information content (AvgIpc) is 2.88. The van der Waals surface area contributed by atoms with E-state index in [0.717, 1.165) is 11.1 Å². The van der Waals surface area contributed by atoms with E-state index in [1.807, 2.05) is 26.0 Å². The predicted octanol–water partition coefficient (Wildman–Crippen LogP) is 2.24. The zero-order valence-electron chi connectivity index (χ0n) is 15.1. The summed E-state index contributed by atoms with van der Waals surface area (Å²) in [5, 5.41) is 0. The first-order chi connectivity index (χ1) is 12.4. The van der Waals surface area contributed by atoms with E-state index in [4.69, 9.17) is 0 Å². The minimum atomic E-state index is -3.56. The summed E-state index contributed by atoms with van der Waals surface area (Å²) in [6.07, 6.45) is 3.78. The first kappa shape index (κ1) is 18.5. The topological polar surface area (TPSA) is 70.6 Å². The Morgan fingerprint density at radius 3 is 2.42 bits per heavy atom. The molecule has 0 aliphatic carbocycles. The number of pyridine rings is 1. The number of hydrogen-bond donors (Lipinski definition) is 0. The van der Waals surface area contributed by atoms with E-state index in [1.54, 1.807) is 35.5 Å². The Morgan fingerprint density at radius 2 is 1.73 bits per heavy atom. The summed E-state index contributed by atoms with van der Waals surface area (Å²) in [7, 11) is -3.56. The van der Waals surface area contributed by atoms with Crippen LogP contribution in [0.1, 0.15) is 27.9 Å². The summed E-state index contributed by atoms with van der Waals surface area (Å²) in [6, 6.07) is 8.72. The van der Waals surface area contributed by atoms with Crippen LogP contribution in [-0.4, -0.2) is 54.7 Å². The van der Waals surface area contributed by atoms with Gasteiger partial charge in [-0.15, -0.1) is 0 Å². The summed E-state index contributed by atoms with van der Waals surface area (Å²) in [5.74, 6) is -0.0850. The molecule has 0 bridgehead atoms. The van der Waals surface area contributed by atoms with Crippen molar-refractivity contribution in [3.8, 4) is 0 Å². The van der Waals surface area contributed by atoms with Gasteiger partial charge in [-0.1, -0.05) is 17.7 Å². The lowest BCUT2D eigenvalue weighted by Crippen LogP contribution is -2.37. The van der Waals surface area contributed by atoms with Crippen molar-refractivity contribution in [1.82, 2.24) is 14.2 Å². The molecule has 26 heavy (non-hydrogen) atoms. The maximum Gasteiger partial charge on any atom is 0.254 e. The van der Waals surface area contributed by atoms with Crippen molar-refractivity contribution in [2.45, 2.75) is 25.2 Å². The SMILES string of the molecule is Cc1ccc(S(=O)(=O)N2CCCN(C(=O)c3ccncc3)CC2)c(C)c1. The van der Waals surface area contributed by atoms with E-state index >= 15 is 0 Å². The van der Waals surface area contributed by atoms with Crippen molar-refractivity contribution < 1.29 is 13.2 Å². The quantitative estimate of drug-likeness (QED) is 0.827. The molecule has 1 amide bonds. The summed E-state index contributed by atoms with van der Waals surface area (Å²) >= 11 is 0. The molecular formula is C19H23N3O3S. The smallest absolute Gasteiger partial charge is 0.254 e. The minimum Gasteiger partial charge on any atom is -0.337 e. The van der Waals surface area contributed by atoms with Gasteiger partial charge >= 0.3 is 0 Å². The van der Waals surface area contributed by atoms with Gasteiger partial charge in [0, 0.05) is 44.1 Å². The summed E-state index contributed by atoms with van der Waals surface area (Å²) in [6.45, 7) is 5.39. The third-order valence-corrected chi connectivity index (χ3v) is 6.68. The van der Waals surface area contributed by atoms with E-state index in [0.29, 0.717) is 43.1 Å². The second-order valence-corrected chi connectivity index (χ2v) is 8.46. The molecule has 0 unspecified atom stereocenters. The number of aryl methyl sites for hydroxylation is 2. The van der Waals surface area contributed by atoms with Crippen molar-refractivity contribution in [1.29, 1.82) is 0 Å². The van der Waals surface area contributed by atoms with E-state index in [2.05, 4.69) is 4.98 Å². The van der Waals surface area contributed by atoms with Crippen LogP contribution in [-0.2, 0) is 10.0 Å². The molecule has 1 saturated heterocycles. The van der Waals surface area contributed by atoms with Gasteiger partial charge in [0.2, 0.25) is 10.0 Å². The molecule has 0 spiro atoms. The van der Waals surface area contributed by atoms with Crippen LogP contribution in [0.25, 0.3) is 0 Å². The molecule has 1 aromatic carbocycles. The fourth-order valence-electron chi connectivity index (χ4n) is 3.24. The van der Waals surface area contributed by atoms with Gasteiger partial charge in [0.05, 0.1) is 4.90 Å². The summed E-state index contributed by atoms with van der Waals surface area (Å²) in [5.41, 5.74) is 2.36. The van der Waals surface area contributed by atoms with Crippen LogP contribution in [0.15, 0.2) is 47.6 Å². The standard InChI is InChI=1S/C19H23N3O3S/c1-15-4-5-18(16(2)14-15)26(24,25)22-11-3-10-21(12-13-22)19(23)17-6-8-20-9-7-17/h4-9,14H,3,10-13H2,1-2H3. The Hall–Kier alpha value is -2.25. The van der Waals surface area contributed by atoms with Crippen LogP contribution in [0.4, 0.5) is 0 Å². The lowest BCUT2D eigenvalue weighted by atomic mass is 10.2. The lowest BCUT2D eigenvalue weighted by Gasteiger charge is -2.22. The maximum absolute atomic E-state index is 13.0. The second kappa shape index (κ2) is 7.55. The van der Waals surface area contributed by atoms with Gasteiger partial charge < -0.3 is 4.90 Å². The summed E-state index contributed by atoms with van der Waals surface area (Å²) < 4.78 is 27.6. The molecule has 3 rings (SSSR count). The highest BCUT2D eigenvalue weighted by atomic mass is 32.2. The summed E-state index contributed by atoms with van der Waals surface area (Å²) in [4.78, 5) is 18.6. The fourth-order valence-corrected chi connectivity index (χ4v) is 4.92. The number of benzene rings is 1. The largest absolute Gasteiger partial charge is 0.337 e. The molecule has 6 nitrogen and oxygen atoms in total. The third-order valence-electron chi connectivity index (χ3n) is 4.62. The first-order valence-corrected chi connectivity index (χ1v) is 10.1. The second-order valence-electron chi connectivity index (χ2n) is 6.55. The Bertz CT molecular complexity index is 898. The molecule has 1 aromatic heterocycles. The number of rotatable bonds is 3. The number of sulfonamides is 1. The molecular weight excluding hydrogens is 350 g/mol. The number of nitrogens with zero attached hydrogens (tertiary/aromatic N) is 3. The van der Waals surface area contributed by atoms with Gasteiger partial charge in [0.1, 0.15) is 0 Å². The molecule has 1 fully saturated rings. The van der Waals surface area contributed by atoms with Crippen LogP contribution < -0.4 is 0 Å². The van der Waals surface area contributed by atoms with Crippen LogP contribution in [0, 0.1) is 13.8 Å². The van der Waals surface area contributed by atoms with Gasteiger partial charge in [0.25, 0.3) is 5.91 Å². The average molecular weight is 373 g/mol. The number of amides is 1. The Morgan fingerprint density at radius 1 is 1.00 bits per heavy atom. The van der Waals surface area contributed by atoms with E-state index in [1.165, 1.54) is 4.31 Å². The zero-order chi connectivity index (χ0) is 18.7. The lowest BCUT2D eigenvalue weighted by molar-refractivity contribution is 0.0764. The third kappa shape index (κ3) is 3.78.